The minimum atomic E-state index is -4.28. The summed E-state index contributed by atoms with van der Waals surface area (Å²) in [6, 6.07) is 10.6. The van der Waals surface area contributed by atoms with E-state index in [0.29, 0.717) is 18.7 Å². The van der Waals surface area contributed by atoms with E-state index < -0.39 is 62.4 Å². The highest BCUT2D eigenvalue weighted by atomic mass is 32.2. The van der Waals surface area contributed by atoms with Gasteiger partial charge in [-0.25, -0.2) is 16.8 Å². The molecule has 0 aromatic heterocycles. The zero-order valence-corrected chi connectivity index (χ0v) is 30.2. The van der Waals surface area contributed by atoms with Crippen molar-refractivity contribution in [3.05, 3.63) is 48.0 Å². The van der Waals surface area contributed by atoms with Crippen LogP contribution in [-0.2, 0) is 39.1 Å². The smallest absolute Gasteiger partial charge is 0.321 e. The standard InChI is InChI=1S/C32H48N4O10S2/c1-31(2,3)45-29(39)20-36(21-30(40)46-32(4,5)6)48(43,44)25-11-9-24(10-12-25)35-16-14-23(15-17-35)33-19-28(38)22-8-13-27(37)26(18-22)34-47(7,41)42/h8-13,18,23,28,33-34,37-38H,14-17,19-21H2,1-7H3/t28-/m0/s1. The van der Waals surface area contributed by atoms with Crippen molar-refractivity contribution < 1.29 is 46.1 Å². The van der Waals surface area contributed by atoms with Crippen molar-refractivity contribution in [2.24, 2.45) is 0 Å². The van der Waals surface area contributed by atoms with E-state index in [2.05, 4.69) is 14.9 Å². The lowest BCUT2D eigenvalue weighted by atomic mass is 10.0. The lowest BCUT2D eigenvalue weighted by Crippen LogP contribution is -2.44. The molecule has 268 valence electrons. The normalized spacial score (nSPS) is 15.6. The average molecular weight is 713 g/mol. The third-order valence-corrected chi connectivity index (χ3v) is 9.48. The lowest BCUT2D eigenvalue weighted by Gasteiger charge is -2.34. The Labute approximate surface area is 283 Å². The molecule has 0 spiro atoms. The van der Waals surface area contributed by atoms with Gasteiger partial charge in [0.1, 0.15) is 30.0 Å². The molecule has 0 saturated carbocycles. The number of carbonyl (C=O) groups is 2. The highest BCUT2D eigenvalue weighted by Crippen LogP contribution is 2.28. The zero-order chi connectivity index (χ0) is 36.1. The second-order valence-electron chi connectivity index (χ2n) is 13.8. The summed E-state index contributed by atoms with van der Waals surface area (Å²) < 4.78 is 64.0. The number of ether oxygens (including phenoxy) is 2. The van der Waals surface area contributed by atoms with E-state index in [1.807, 2.05) is 0 Å². The maximum absolute atomic E-state index is 13.6. The summed E-state index contributed by atoms with van der Waals surface area (Å²) in [5, 5.41) is 24.0. The highest BCUT2D eigenvalue weighted by Gasteiger charge is 2.32. The first-order valence-electron chi connectivity index (χ1n) is 15.5. The van der Waals surface area contributed by atoms with E-state index in [1.165, 1.54) is 30.3 Å². The molecule has 1 aliphatic rings. The molecule has 0 amide bonds. The highest BCUT2D eigenvalue weighted by molar-refractivity contribution is 7.92. The number of nitrogens with one attached hydrogen (secondary N) is 2. The van der Waals surface area contributed by atoms with Crippen LogP contribution in [0.5, 0.6) is 5.75 Å². The van der Waals surface area contributed by atoms with E-state index in [9.17, 15) is 36.6 Å². The van der Waals surface area contributed by atoms with Crippen molar-refractivity contribution in [2.45, 2.75) is 82.6 Å². The molecule has 0 bridgehead atoms. The van der Waals surface area contributed by atoms with Crippen LogP contribution in [-0.4, -0.2) is 99.5 Å². The van der Waals surface area contributed by atoms with Gasteiger partial charge in [-0.05, 0) is 96.3 Å². The molecule has 1 fully saturated rings. The molecule has 16 heteroatoms. The molecule has 3 rings (SSSR count). The molecule has 14 nitrogen and oxygen atoms in total. The van der Waals surface area contributed by atoms with Crippen molar-refractivity contribution >= 4 is 43.4 Å². The van der Waals surface area contributed by atoms with Gasteiger partial charge in [0.15, 0.2) is 0 Å². The summed E-state index contributed by atoms with van der Waals surface area (Å²) in [4.78, 5) is 27.2. The van der Waals surface area contributed by atoms with Gasteiger partial charge < -0.3 is 29.9 Å². The van der Waals surface area contributed by atoms with Crippen LogP contribution in [0.15, 0.2) is 47.4 Å². The number of rotatable bonds is 13. The van der Waals surface area contributed by atoms with Crippen molar-refractivity contribution in [2.75, 3.05) is 48.6 Å². The number of phenols is 1. The van der Waals surface area contributed by atoms with E-state index >= 15 is 0 Å². The number of aliphatic hydroxyl groups excluding tert-OH is 1. The Morgan fingerprint density at radius 3 is 1.92 bits per heavy atom. The van der Waals surface area contributed by atoms with Gasteiger partial charge in [-0.2, -0.15) is 4.31 Å². The first-order chi connectivity index (χ1) is 22.0. The van der Waals surface area contributed by atoms with Crippen LogP contribution >= 0.6 is 0 Å². The number of hydrogen-bond donors (Lipinski definition) is 4. The van der Waals surface area contributed by atoms with Gasteiger partial charge in [0.05, 0.1) is 22.9 Å². The Hall–Kier alpha value is -3.44. The van der Waals surface area contributed by atoms with Crippen LogP contribution in [0.3, 0.4) is 0 Å². The third kappa shape index (κ3) is 12.2. The van der Waals surface area contributed by atoms with Crippen LogP contribution in [0.25, 0.3) is 0 Å². The van der Waals surface area contributed by atoms with Gasteiger partial charge in [0, 0.05) is 31.4 Å². The fraction of sp³-hybridized carbons (Fsp3) is 0.562. The molecule has 4 N–H and O–H groups in total. The van der Waals surface area contributed by atoms with Crippen molar-refractivity contribution in [1.29, 1.82) is 0 Å². The van der Waals surface area contributed by atoms with Crippen molar-refractivity contribution in [1.82, 2.24) is 9.62 Å². The molecular weight excluding hydrogens is 665 g/mol. The third-order valence-electron chi connectivity index (χ3n) is 7.09. The van der Waals surface area contributed by atoms with Crippen LogP contribution in [0, 0.1) is 0 Å². The molecule has 0 radical (unpaired) electrons. The largest absolute Gasteiger partial charge is 0.506 e. The second kappa shape index (κ2) is 15.4. The summed E-state index contributed by atoms with van der Waals surface area (Å²) in [5.74, 6) is -1.85. The van der Waals surface area contributed by atoms with E-state index in [1.54, 1.807) is 53.7 Å². The van der Waals surface area contributed by atoms with Crippen LogP contribution < -0.4 is 14.9 Å². The van der Waals surface area contributed by atoms with Crippen molar-refractivity contribution in [3.63, 3.8) is 0 Å². The van der Waals surface area contributed by atoms with Gasteiger partial charge in [0.2, 0.25) is 20.0 Å². The number of anilines is 2. The number of sulfonamides is 2. The molecular formula is C32H48N4O10S2. The maximum atomic E-state index is 13.6. The number of nitrogens with zero attached hydrogens (tertiary/aromatic N) is 2. The Bertz CT molecular complexity index is 1610. The summed E-state index contributed by atoms with van der Waals surface area (Å²) in [5.41, 5.74) is -0.472. The number of piperidine rings is 1. The SMILES string of the molecule is CC(C)(C)OC(=O)CN(CC(=O)OC(C)(C)C)S(=O)(=O)c1ccc(N2CCC(NC[C@H](O)c3ccc(O)c(NS(C)(=O)=O)c3)CC2)cc1. The topological polar surface area (TPSA) is 192 Å². The van der Waals surface area contributed by atoms with E-state index in [4.69, 9.17) is 9.47 Å². The molecule has 48 heavy (non-hydrogen) atoms. The van der Waals surface area contributed by atoms with E-state index in [0.717, 1.165) is 29.1 Å². The number of benzene rings is 2. The Kier molecular flexibility index (Phi) is 12.5. The minimum Gasteiger partial charge on any atom is -0.506 e. The van der Waals surface area contributed by atoms with Gasteiger partial charge in [-0.3, -0.25) is 14.3 Å². The fourth-order valence-corrected chi connectivity index (χ4v) is 6.91. The number of phenolic OH excluding ortho intramolecular Hbond substituents is 1. The molecule has 2 aromatic carbocycles. The minimum absolute atomic E-state index is 0.0139. The summed E-state index contributed by atoms with van der Waals surface area (Å²) >= 11 is 0. The maximum Gasteiger partial charge on any atom is 0.321 e. The van der Waals surface area contributed by atoms with Gasteiger partial charge in [-0.15, -0.1) is 0 Å². The number of hydrogen-bond acceptors (Lipinski definition) is 12. The Morgan fingerprint density at radius 2 is 1.44 bits per heavy atom. The molecule has 1 saturated heterocycles. The predicted molar refractivity (Wildman–Crippen MR) is 182 cm³/mol. The van der Waals surface area contributed by atoms with Crippen LogP contribution in [0.4, 0.5) is 11.4 Å². The number of esters is 2. The Morgan fingerprint density at radius 1 is 0.917 bits per heavy atom. The summed E-state index contributed by atoms with van der Waals surface area (Å²) in [6.07, 6.45) is 1.51. The van der Waals surface area contributed by atoms with Gasteiger partial charge in [0.25, 0.3) is 0 Å². The molecule has 1 heterocycles. The monoisotopic (exact) mass is 712 g/mol. The van der Waals surface area contributed by atoms with Gasteiger partial charge >= 0.3 is 11.9 Å². The predicted octanol–water partition coefficient (Wildman–Crippen LogP) is 2.73. The molecule has 0 unspecified atom stereocenters. The first-order valence-corrected chi connectivity index (χ1v) is 18.9. The molecule has 1 atom stereocenters. The van der Waals surface area contributed by atoms with Gasteiger partial charge in [-0.1, -0.05) is 6.07 Å². The molecule has 1 aliphatic heterocycles. The molecule has 0 aliphatic carbocycles. The summed E-state index contributed by atoms with van der Waals surface area (Å²) in [7, 11) is -7.89. The second-order valence-corrected chi connectivity index (χ2v) is 17.5. The molecule has 2 aromatic rings. The first kappa shape index (κ1) is 39.0. The van der Waals surface area contributed by atoms with Crippen LogP contribution in [0.1, 0.15) is 66.1 Å². The van der Waals surface area contributed by atoms with Crippen LogP contribution in [0.2, 0.25) is 0 Å². The lowest BCUT2D eigenvalue weighted by molar-refractivity contribution is -0.157. The average Bonchev–Trinajstić information content (AvgIpc) is 2.94. The quantitative estimate of drug-likeness (QED) is 0.176. The summed E-state index contributed by atoms with van der Waals surface area (Å²) in [6.45, 7) is 10.2. The van der Waals surface area contributed by atoms with Crippen molar-refractivity contribution in [3.8, 4) is 5.75 Å². The number of aliphatic hydroxyl groups is 1. The van der Waals surface area contributed by atoms with E-state index in [-0.39, 0.29) is 28.9 Å². The number of aromatic hydroxyl groups is 1. The fourth-order valence-electron chi connectivity index (χ4n) is 5.02. The number of carbonyl (C=O) groups excluding carboxylic acids is 2. The Balaban J connectivity index is 1.62. The zero-order valence-electron chi connectivity index (χ0n) is 28.5.